The van der Waals surface area contributed by atoms with Gasteiger partial charge in [0, 0.05) is 54.9 Å². The Labute approximate surface area is 279 Å². The zero-order valence-corrected chi connectivity index (χ0v) is 27.7. The fraction of sp³-hybridized carbons (Fsp3) is 0.441. The lowest BCUT2D eigenvalue weighted by atomic mass is 10.0. The monoisotopic (exact) mass is 665 g/mol. The molecule has 5 rings (SSSR count). The van der Waals surface area contributed by atoms with E-state index in [0.29, 0.717) is 28.0 Å². The van der Waals surface area contributed by atoms with Gasteiger partial charge in [0.2, 0.25) is 0 Å². The summed E-state index contributed by atoms with van der Waals surface area (Å²) in [5, 5.41) is 15.0. The van der Waals surface area contributed by atoms with Crippen LogP contribution in [0.2, 0.25) is 5.02 Å². The second-order valence-corrected chi connectivity index (χ2v) is 12.8. The van der Waals surface area contributed by atoms with Crippen LogP contribution in [0.15, 0.2) is 53.5 Å². The first-order chi connectivity index (χ1) is 22.6. The minimum absolute atomic E-state index is 0.0276. The van der Waals surface area contributed by atoms with E-state index in [0.717, 1.165) is 76.2 Å². The molecular weight excluding hydrogens is 621 g/mol. The summed E-state index contributed by atoms with van der Waals surface area (Å²) < 4.78 is 22.1. The number of benzene rings is 2. The number of ether oxygens (including phenoxy) is 1. The second kappa shape index (κ2) is 15.9. The molecule has 2 aromatic heterocycles. The van der Waals surface area contributed by atoms with E-state index in [1.807, 2.05) is 31.2 Å². The van der Waals surface area contributed by atoms with Crippen LogP contribution in [-0.4, -0.2) is 76.9 Å². The summed E-state index contributed by atoms with van der Waals surface area (Å²) in [5.41, 5.74) is 14.9. The smallest absolute Gasteiger partial charge is 0.354 e. The first-order valence-electron chi connectivity index (χ1n) is 16.2. The van der Waals surface area contributed by atoms with Crippen LogP contribution in [0.5, 0.6) is 0 Å². The van der Waals surface area contributed by atoms with E-state index in [1.165, 1.54) is 4.57 Å². The van der Waals surface area contributed by atoms with Crippen LogP contribution >= 0.6 is 11.6 Å². The van der Waals surface area contributed by atoms with Crippen molar-refractivity contribution in [2.24, 2.45) is 11.5 Å². The quantitative estimate of drug-likeness (QED) is 0.0868. The maximum absolute atomic E-state index is 15.1. The van der Waals surface area contributed by atoms with Crippen molar-refractivity contribution in [3.63, 3.8) is 0 Å². The molecule has 3 atom stereocenters. The largest absolute Gasteiger partial charge is 0.379 e. The van der Waals surface area contributed by atoms with E-state index in [4.69, 9.17) is 33.2 Å². The summed E-state index contributed by atoms with van der Waals surface area (Å²) in [4.78, 5) is 22.7. The summed E-state index contributed by atoms with van der Waals surface area (Å²) in [6.45, 7) is 8.78. The lowest BCUT2D eigenvalue weighted by molar-refractivity contribution is 0.0340. The molecule has 0 bridgehead atoms. The minimum Gasteiger partial charge on any atom is -0.379 e. The van der Waals surface area contributed by atoms with Gasteiger partial charge in [-0.2, -0.15) is 4.98 Å². The number of aromatic nitrogens is 3. The molecule has 1 aliphatic rings. The van der Waals surface area contributed by atoms with Gasteiger partial charge < -0.3 is 31.8 Å². The van der Waals surface area contributed by atoms with E-state index in [9.17, 15) is 4.79 Å². The van der Waals surface area contributed by atoms with Crippen LogP contribution in [0.4, 0.5) is 4.39 Å². The summed E-state index contributed by atoms with van der Waals surface area (Å²) in [6.07, 6.45) is 4.97. The lowest BCUT2D eigenvalue weighted by Gasteiger charge is -2.31. The molecule has 0 amide bonds. The Morgan fingerprint density at radius 1 is 1.17 bits per heavy atom. The molecule has 1 saturated heterocycles. The standard InChI is InChI=1S/C34H45ClFN9O2/c1-21(37)4-3-5-23-16-28(31(36)29(35)17-23)30-18-25-19-45(34(46)43-32(25)42-30)27-8-6-24(7-9-27)22(2)40-11-10-26(41-33(38)39)20-44-12-14-47-15-13-44/h6-9,16-19,21-22,26,40H,3-5,10-15,20,37H2,1-2H3,(H4,38,39,41)(H,42,43,46)/t21-,22-,26-/m0/s1. The average molecular weight is 666 g/mol. The Morgan fingerprint density at radius 2 is 1.91 bits per heavy atom. The molecule has 8 N–H and O–H groups in total. The third-order valence-corrected chi connectivity index (χ3v) is 8.84. The van der Waals surface area contributed by atoms with Gasteiger partial charge >= 0.3 is 5.69 Å². The number of hydrogen-bond acceptors (Lipinski definition) is 7. The zero-order valence-electron chi connectivity index (χ0n) is 27.0. The summed E-state index contributed by atoms with van der Waals surface area (Å²) >= 11 is 6.26. The minimum atomic E-state index is -0.523. The van der Waals surface area contributed by atoms with Gasteiger partial charge in [0.05, 0.1) is 29.6 Å². The third kappa shape index (κ3) is 9.17. The molecule has 0 radical (unpaired) electrons. The first kappa shape index (κ1) is 34.5. The van der Waals surface area contributed by atoms with Gasteiger partial charge in [0.15, 0.2) is 11.8 Å². The van der Waals surface area contributed by atoms with Crippen LogP contribution in [0.3, 0.4) is 0 Å². The van der Waals surface area contributed by atoms with Crippen LogP contribution in [0.1, 0.15) is 50.3 Å². The van der Waals surface area contributed by atoms with Crippen LogP contribution in [-0.2, 0) is 11.2 Å². The van der Waals surface area contributed by atoms with E-state index < -0.39 is 11.5 Å². The number of aryl methyl sites for hydroxylation is 1. The number of nitrogens with one attached hydrogen (secondary N) is 4. The van der Waals surface area contributed by atoms with Crippen molar-refractivity contribution in [3.8, 4) is 16.9 Å². The molecule has 4 aromatic rings. The number of nitrogens with zero attached hydrogens (tertiary/aromatic N) is 3. The highest BCUT2D eigenvalue weighted by Gasteiger charge is 2.18. The van der Waals surface area contributed by atoms with Gasteiger partial charge in [-0.1, -0.05) is 23.7 Å². The van der Waals surface area contributed by atoms with Crippen LogP contribution in [0, 0.1) is 11.2 Å². The van der Waals surface area contributed by atoms with Gasteiger partial charge in [-0.05, 0) is 87.5 Å². The molecular formula is C34H45ClFN9O2. The third-order valence-electron chi connectivity index (χ3n) is 8.57. The number of aromatic amines is 1. The number of H-pyrrole nitrogens is 1. The predicted octanol–water partition coefficient (Wildman–Crippen LogP) is 4.07. The molecule has 47 heavy (non-hydrogen) atoms. The van der Waals surface area contributed by atoms with Crippen LogP contribution < -0.4 is 27.8 Å². The number of halogens is 2. The molecule has 13 heteroatoms. The highest BCUT2D eigenvalue weighted by molar-refractivity contribution is 6.31. The Bertz CT molecular complexity index is 1720. The highest BCUT2D eigenvalue weighted by atomic mass is 35.5. The Balaban J connectivity index is 1.25. The molecule has 252 valence electrons. The highest BCUT2D eigenvalue weighted by Crippen LogP contribution is 2.31. The number of guanidine groups is 1. The number of hydrogen-bond donors (Lipinski definition) is 6. The SMILES string of the molecule is C[C@H](N)CCCc1cc(Cl)c(F)c(-c2cc3cn(-c4ccc([C@H](C)NCC[C@@H](CN5CCOCC5)NC(=N)N)cc4)c(=O)nc3[nH]2)c1. The maximum atomic E-state index is 15.1. The molecule has 1 aliphatic heterocycles. The molecule has 0 unspecified atom stereocenters. The summed E-state index contributed by atoms with van der Waals surface area (Å²) in [7, 11) is 0. The maximum Gasteiger partial charge on any atom is 0.354 e. The zero-order chi connectivity index (χ0) is 33.5. The van der Waals surface area contributed by atoms with Crippen molar-refractivity contribution >= 4 is 28.6 Å². The molecule has 11 nitrogen and oxygen atoms in total. The van der Waals surface area contributed by atoms with Gasteiger partial charge in [-0.15, -0.1) is 0 Å². The topological polar surface area (TPSA) is 163 Å². The summed E-state index contributed by atoms with van der Waals surface area (Å²) in [5.74, 6) is -0.550. The molecule has 0 saturated carbocycles. The van der Waals surface area contributed by atoms with Gasteiger partial charge in [0.25, 0.3) is 0 Å². The molecule has 1 fully saturated rings. The second-order valence-electron chi connectivity index (χ2n) is 12.4. The Morgan fingerprint density at radius 3 is 2.62 bits per heavy atom. The van der Waals surface area contributed by atoms with Gasteiger partial charge in [0.1, 0.15) is 5.65 Å². The van der Waals surface area contributed by atoms with Crippen molar-refractivity contribution < 1.29 is 9.13 Å². The Kier molecular flexibility index (Phi) is 11.6. The normalized spacial score (nSPS) is 15.9. The van der Waals surface area contributed by atoms with E-state index in [-0.39, 0.29) is 29.1 Å². The number of morpholine rings is 1. The van der Waals surface area contributed by atoms with Crippen molar-refractivity contribution in [3.05, 3.63) is 81.1 Å². The van der Waals surface area contributed by atoms with E-state index in [2.05, 4.69) is 32.4 Å². The van der Waals surface area contributed by atoms with Crippen LogP contribution in [0.25, 0.3) is 28.0 Å². The Hall–Kier alpha value is -3.81. The molecule has 3 heterocycles. The lowest BCUT2D eigenvalue weighted by Crippen LogP contribution is -2.49. The fourth-order valence-electron chi connectivity index (χ4n) is 5.98. The fourth-order valence-corrected chi connectivity index (χ4v) is 6.22. The van der Waals surface area contributed by atoms with Crippen molar-refractivity contribution in [1.82, 2.24) is 30.1 Å². The van der Waals surface area contributed by atoms with Crippen molar-refractivity contribution in [2.75, 3.05) is 39.4 Å². The average Bonchev–Trinajstić information content (AvgIpc) is 3.44. The number of nitrogens with two attached hydrogens (primary N) is 2. The summed E-state index contributed by atoms with van der Waals surface area (Å²) in [6, 6.07) is 13.2. The number of rotatable bonds is 14. The first-order valence-corrected chi connectivity index (χ1v) is 16.6. The molecule has 0 spiro atoms. The van der Waals surface area contributed by atoms with Gasteiger partial charge in [-0.25, -0.2) is 9.18 Å². The molecule has 0 aliphatic carbocycles. The number of fused-ring (bicyclic) bond motifs is 1. The van der Waals surface area contributed by atoms with Crippen molar-refractivity contribution in [1.29, 1.82) is 5.41 Å². The van der Waals surface area contributed by atoms with E-state index in [1.54, 1.807) is 24.4 Å². The molecule has 2 aromatic carbocycles. The predicted molar refractivity (Wildman–Crippen MR) is 186 cm³/mol. The van der Waals surface area contributed by atoms with Crippen molar-refractivity contribution in [2.45, 2.75) is 57.7 Å². The van der Waals surface area contributed by atoms with E-state index >= 15 is 4.39 Å². The van der Waals surface area contributed by atoms with Gasteiger partial charge in [-0.3, -0.25) is 14.9 Å².